The zero-order valence-electron chi connectivity index (χ0n) is 18.5. The number of carbonyl (C=O) groups excluding carboxylic acids is 4. The minimum absolute atomic E-state index is 0.122. The Morgan fingerprint density at radius 2 is 1.50 bits per heavy atom. The van der Waals surface area contributed by atoms with Crippen LogP contribution in [0.25, 0.3) is 0 Å². The number of nitrogens with one attached hydrogen (secondary N) is 1. The standard InChI is InChI=1S/C25H28N2O5/c1-4-32-25(31)20(14-16(2)3)26-22(28)21(15-17-10-6-5-7-11-17)27-23(29)18-12-8-9-13-19(18)24(27)30/h5-13,16,20-21H,4,14-15H2,1-3H3,(H,26,28)/t20-,21+/m1/s1. The highest BCUT2D eigenvalue weighted by Gasteiger charge is 2.43. The van der Waals surface area contributed by atoms with Gasteiger partial charge in [0.1, 0.15) is 12.1 Å². The predicted molar refractivity (Wildman–Crippen MR) is 119 cm³/mol. The zero-order valence-corrected chi connectivity index (χ0v) is 18.5. The van der Waals surface area contributed by atoms with Crippen molar-refractivity contribution in [3.8, 4) is 0 Å². The molecule has 1 N–H and O–H groups in total. The zero-order chi connectivity index (χ0) is 23.3. The number of esters is 1. The monoisotopic (exact) mass is 436 g/mol. The summed E-state index contributed by atoms with van der Waals surface area (Å²) in [6.45, 7) is 5.76. The molecule has 0 saturated carbocycles. The summed E-state index contributed by atoms with van der Waals surface area (Å²) in [5.74, 6) is -2.01. The number of hydrogen-bond donors (Lipinski definition) is 1. The summed E-state index contributed by atoms with van der Waals surface area (Å²) in [7, 11) is 0. The number of ether oxygens (including phenoxy) is 1. The third kappa shape index (κ3) is 5.04. The van der Waals surface area contributed by atoms with E-state index in [2.05, 4.69) is 5.32 Å². The van der Waals surface area contributed by atoms with Gasteiger partial charge in [-0.05, 0) is 37.0 Å². The van der Waals surface area contributed by atoms with Gasteiger partial charge in [-0.15, -0.1) is 0 Å². The van der Waals surface area contributed by atoms with E-state index in [0.717, 1.165) is 10.5 Å². The molecule has 0 aliphatic carbocycles. The van der Waals surface area contributed by atoms with Crippen LogP contribution in [0.2, 0.25) is 0 Å². The van der Waals surface area contributed by atoms with Gasteiger partial charge in [-0.2, -0.15) is 0 Å². The molecule has 0 saturated heterocycles. The van der Waals surface area contributed by atoms with Crippen LogP contribution in [0.1, 0.15) is 53.5 Å². The van der Waals surface area contributed by atoms with E-state index in [1.54, 1.807) is 31.2 Å². The van der Waals surface area contributed by atoms with Gasteiger partial charge in [0.25, 0.3) is 11.8 Å². The molecule has 0 radical (unpaired) electrons. The predicted octanol–water partition coefficient (Wildman–Crippen LogP) is 2.99. The Balaban J connectivity index is 1.92. The van der Waals surface area contributed by atoms with Crippen molar-refractivity contribution in [3.05, 3.63) is 71.3 Å². The summed E-state index contributed by atoms with van der Waals surface area (Å²) in [5, 5.41) is 2.74. The Labute approximate surface area is 187 Å². The van der Waals surface area contributed by atoms with Gasteiger partial charge in [-0.3, -0.25) is 19.3 Å². The number of amides is 3. The lowest BCUT2D eigenvalue weighted by molar-refractivity contribution is -0.148. The molecule has 3 amide bonds. The topological polar surface area (TPSA) is 92.8 Å². The Bertz CT molecular complexity index is 967. The van der Waals surface area contributed by atoms with Crippen molar-refractivity contribution in [1.29, 1.82) is 0 Å². The molecular formula is C25H28N2O5. The van der Waals surface area contributed by atoms with Crippen LogP contribution in [0.5, 0.6) is 0 Å². The van der Waals surface area contributed by atoms with E-state index in [4.69, 9.17) is 4.74 Å². The van der Waals surface area contributed by atoms with E-state index in [0.29, 0.717) is 6.42 Å². The lowest BCUT2D eigenvalue weighted by Gasteiger charge is -2.28. The van der Waals surface area contributed by atoms with Crippen LogP contribution in [0.4, 0.5) is 0 Å². The van der Waals surface area contributed by atoms with E-state index in [1.165, 1.54) is 0 Å². The van der Waals surface area contributed by atoms with Crippen molar-refractivity contribution in [2.75, 3.05) is 6.61 Å². The van der Waals surface area contributed by atoms with E-state index in [9.17, 15) is 19.2 Å². The van der Waals surface area contributed by atoms with E-state index >= 15 is 0 Å². The first kappa shape index (κ1) is 23.2. The molecule has 0 aromatic heterocycles. The summed E-state index contributed by atoms with van der Waals surface area (Å²) >= 11 is 0. The lowest BCUT2D eigenvalue weighted by atomic mass is 10.0. The molecule has 1 aliphatic rings. The summed E-state index contributed by atoms with van der Waals surface area (Å²) in [4.78, 5) is 53.0. The number of fused-ring (bicyclic) bond motifs is 1. The molecule has 32 heavy (non-hydrogen) atoms. The molecule has 7 heteroatoms. The Hall–Kier alpha value is -3.48. The Kier molecular flexibility index (Phi) is 7.41. The Morgan fingerprint density at radius 3 is 2.03 bits per heavy atom. The molecule has 1 heterocycles. The van der Waals surface area contributed by atoms with Gasteiger partial charge in [-0.25, -0.2) is 4.79 Å². The minimum atomic E-state index is -1.10. The number of imide groups is 1. The van der Waals surface area contributed by atoms with Crippen molar-refractivity contribution in [2.45, 2.75) is 45.7 Å². The summed E-state index contributed by atoms with van der Waals surface area (Å²) < 4.78 is 5.12. The second kappa shape index (κ2) is 10.2. The first-order valence-corrected chi connectivity index (χ1v) is 10.8. The van der Waals surface area contributed by atoms with Gasteiger partial charge in [0.15, 0.2) is 0 Å². The molecule has 168 valence electrons. The van der Waals surface area contributed by atoms with Gasteiger partial charge in [-0.1, -0.05) is 56.3 Å². The quantitative estimate of drug-likeness (QED) is 0.482. The van der Waals surface area contributed by atoms with Crippen LogP contribution in [-0.4, -0.2) is 47.3 Å². The number of hydrogen-bond acceptors (Lipinski definition) is 5. The fraction of sp³-hybridized carbons (Fsp3) is 0.360. The molecule has 2 aromatic rings. The maximum Gasteiger partial charge on any atom is 0.328 e. The van der Waals surface area contributed by atoms with Crippen molar-refractivity contribution < 1.29 is 23.9 Å². The third-order valence-corrected chi connectivity index (χ3v) is 5.31. The molecule has 7 nitrogen and oxygen atoms in total. The highest BCUT2D eigenvalue weighted by Crippen LogP contribution is 2.26. The average molecular weight is 437 g/mol. The normalized spacial score (nSPS) is 14.8. The van der Waals surface area contributed by atoms with Gasteiger partial charge < -0.3 is 10.1 Å². The fourth-order valence-electron chi connectivity index (χ4n) is 3.83. The molecule has 2 atom stereocenters. The van der Waals surface area contributed by atoms with Crippen LogP contribution in [-0.2, 0) is 20.7 Å². The molecule has 1 aliphatic heterocycles. The first-order chi connectivity index (χ1) is 15.3. The first-order valence-electron chi connectivity index (χ1n) is 10.8. The highest BCUT2D eigenvalue weighted by atomic mass is 16.5. The summed E-state index contributed by atoms with van der Waals surface area (Å²) in [5.41, 5.74) is 1.33. The van der Waals surface area contributed by atoms with Gasteiger partial charge in [0.05, 0.1) is 17.7 Å². The smallest absolute Gasteiger partial charge is 0.328 e. The highest BCUT2D eigenvalue weighted by molar-refractivity contribution is 6.22. The van der Waals surface area contributed by atoms with Crippen LogP contribution < -0.4 is 5.32 Å². The molecule has 2 aromatic carbocycles. The molecular weight excluding hydrogens is 408 g/mol. The SMILES string of the molecule is CCOC(=O)[C@@H](CC(C)C)NC(=O)[C@H](Cc1ccccc1)N1C(=O)c2ccccc2C1=O. The average Bonchev–Trinajstić information content (AvgIpc) is 3.02. The number of rotatable bonds is 9. The lowest BCUT2D eigenvalue weighted by Crippen LogP contribution is -2.54. The van der Waals surface area contributed by atoms with Crippen molar-refractivity contribution in [1.82, 2.24) is 10.2 Å². The van der Waals surface area contributed by atoms with E-state index in [1.807, 2.05) is 44.2 Å². The number of benzene rings is 2. The second-order valence-corrected chi connectivity index (χ2v) is 8.17. The maximum atomic E-state index is 13.4. The van der Waals surface area contributed by atoms with E-state index < -0.39 is 35.8 Å². The fourth-order valence-corrected chi connectivity index (χ4v) is 3.83. The number of nitrogens with zero attached hydrogens (tertiary/aromatic N) is 1. The summed E-state index contributed by atoms with van der Waals surface area (Å²) in [6, 6.07) is 13.7. The number of carbonyl (C=O) groups is 4. The van der Waals surface area contributed by atoms with Crippen molar-refractivity contribution >= 4 is 23.7 Å². The largest absolute Gasteiger partial charge is 0.464 e. The molecule has 0 bridgehead atoms. The van der Waals surface area contributed by atoms with Gasteiger partial charge >= 0.3 is 5.97 Å². The van der Waals surface area contributed by atoms with Gasteiger partial charge in [0.2, 0.25) is 5.91 Å². The summed E-state index contributed by atoms with van der Waals surface area (Å²) in [6.07, 6.45) is 0.514. The molecule has 0 unspecified atom stereocenters. The molecule has 3 rings (SSSR count). The van der Waals surface area contributed by atoms with E-state index in [-0.39, 0.29) is 30.1 Å². The third-order valence-electron chi connectivity index (χ3n) is 5.31. The Morgan fingerprint density at radius 1 is 0.938 bits per heavy atom. The van der Waals surface area contributed by atoms with Crippen LogP contribution in [0.3, 0.4) is 0 Å². The van der Waals surface area contributed by atoms with Crippen LogP contribution in [0, 0.1) is 5.92 Å². The maximum absolute atomic E-state index is 13.4. The van der Waals surface area contributed by atoms with Crippen LogP contribution >= 0.6 is 0 Å². The molecule has 0 spiro atoms. The van der Waals surface area contributed by atoms with Crippen LogP contribution in [0.15, 0.2) is 54.6 Å². The molecule has 0 fully saturated rings. The van der Waals surface area contributed by atoms with Gasteiger partial charge in [0, 0.05) is 6.42 Å². The van der Waals surface area contributed by atoms with Crippen molar-refractivity contribution in [2.24, 2.45) is 5.92 Å². The second-order valence-electron chi connectivity index (χ2n) is 8.17. The minimum Gasteiger partial charge on any atom is -0.464 e. The van der Waals surface area contributed by atoms with Crippen molar-refractivity contribution in [3.63, 3.8) is 0 Å².